The van der Waals surface area contributed by atoms with Crippen LogP contribution in [0.25, 0.3) is 16.1 Å². The van der Waals surface area contributed by atoms with Crippen molar-refractivity contribution >= 4 is 23.4 Å². The second-order valence-electron chi connectivity index (χ2n) is 9.00. The first-order valence-corrected chi connectivity index (χ1v) is 11.1. The Kier molecular flexibility index (Phi) is 6.84. The first-order chi connectivity index (χ1) is 17.2. The average Bonchev–Trinajstić information content (AvgIpc) is 3.25. The van der Waals surface area contributed by atoms with E-state index >= 15 is 0 Å². The van der Waals surface area contributed by atoms with Crippen molar-refractivity contribution < 1.29 is 9.53 Å². The van der Waals surface area contributed by atoms with Gasteiger partial charge in [0.05, 0.1) is 11.4 Å². The molecule has 11 nitrogen and oxygen atoms in total. The molecule has 0 unspecified atom stereocenters. The van der Waals surface area contributed by atoms with Crippen LogP contribution >= 0.6 is 0 Å². The lowest BCUT2D eigenvalue weighted by Gasteiger charge is -2.14. The van der Waals surface area contributed by atoms with Crippen LogP contribution in [0.3, 0.4) is 0 Å². The number of urea groups is 1. The highest BCUT2D eigenvalue weighted by atomic mass is 16.5. The SMILES string of the molecule is Cc1ccc(-n2nc(C(C)(C)C)cc2NC(=O)Nc2ccc(Oc3nccc(N=[N+]=[N-])n3)cc2)cc1. The largest absolute Gasteiger partial charge is 0.424 e. The Hall–Kier alpha value is -4.89. The van der Waals surface area contributed by atoms with Crippen molar-refractivity contribution in [2.45, 2.75) is 33.1 Å². The van der Waals surface area contributed by atoms with Gasteiger partial charge in [0.25, 0.3) is 0 Å². The van der Waals surface area contributed by atoms with E-state index in [0.29, 0.717) is 17.3 Å². The van der Waals surface area contributed by atoms with Gasteiger partial charge in [0.1, 0.15) is 17.4 Å². The molecule has 0 spiro atoms. The first-order valence-electron chi connectivity index (χ1n) is 11.1. The Morgan fingerprint density at radius 3 is 2.44 bits per heavy atom. The molecule has 0 aliphatic rings. The zero-order chi connectivity index (χ0) is 25.7. The number of aryl methyl sites for hydroxylation is 1. The molecule has 2 aromatic heterocycles. The van der Waals surface area contributed by atoms with Crippen LogP contribution in [0.2, 0.25) is 0 Å². The van der Waals surface area contributed by atoms with Gasteiger partial charge >= 0.3 is 12.0 Å². The van der Waals surface area contributed by atoms with Gasteiger partial charge in [-0.15, -0.1) is 0 Å². The molecule has 4 rings (SSSR count). The summed E-state index contributed by atoms with van der Waals surface area (Å²) in [4.78, 5) is 23.5. The Balaban J connectivity index is 1.47. The van der Waals surface area contributed by atoms with Gasteiger partial charge in [-0.05, 0) is 60.0 Å². The quantitative estimate of drug-likeness (QED) is 0.179. The molecule has 36 heavy (non-hydrogen) atoms. The van der Waals surface area contributed by atoms with E-state index in [2.05, 4.69) is 51.4 Å². The van der Waals surface area contributed by atoms with Gasteiger partial charge in [-0.2, -0.15) is 10.1 Å². The minimum atomic E-state index is -0.414. The highest BCUT2D eigenvalue weighted by Crippen LogP contribution is 2.27. The van der Waals surface area contributed by atoms with E-state index in [1.807, 2.05) is 37.3 Å². The predicted octanol–water partition coefficient (Wildman–Crippen LogP) is 6.65. The maximum atomic E-state index is 12.8. The van der Waals surface area contributed by atoms with Gasteiger partial charge in [-0.3, -0.25) is 5.32 Å². The third kappa shape index (κ3) is 5.96. The molecule has 0 fully saturated rings. The monoisotopic (exact) mass is 483 g/mol. The number of hydrogen-bond acceptors (Lipinski definition) is 6. The molecule has 0 radical (unpaired) electrons. The number of ether oxygens (including phenoxy) is 1. The third-order valence-electron chi connectivity index (χ3n) is 5.09. The van der Waals surface area contributed by atoms with Crippen molar-refractivity contribution in [3.05, 3.63) is 88.6 Å². The molecule has 2 heterocycles. The van der Waals surface area contributed by atoms with E-state index in [0.717, 1.165) is 16.9 Å². The molecule has 2 aromatic carbocycles. The van der Waals surface area contributed by atoms with Crippen molar-refractivity contribution in [2.75, 3.05) is 10.6 Å². The van der Waals surface area contributed by atoms with E-state index in [4.69, 9.17) is 15.4 Å². The molecular formula is C25H25N9O2. The van der Waals surface area contributed by atoms with Crippen LogP contribution in [-0.2, 0) is 5.41 Å². The van der Waals surface area contributed by atoms with Crippen molar-refractivity contribution in [1.82, 2.24) is 19.7 Å². The fourth-order valence-electron chi connectivity index (χ4n) is 3.19. The fourth-order valence-corrected chi connectivity index (χ4v) is 3.19. The molecule has 11 heteroatoms. The third-order valence-corrected chi connectivity index (χ3v) is 5.09. The molecule has 0 aliphatic carbocycles. The number of hydrogen-bond donors (Lipinski definition) is 2. The summed E-state index contributed by atoms with van der Waals surface area (Å²) < 4.78 is 7.31. The number of azide groups is 1. The molecular weight excluding hydrogens is 458 g/mol. The van der Waals surface area contributed by atoms with Crippen molar-refractivity contribution in [3.8, 4) is 17.4 Å². The minimum absolute atomic E-state index is 0.0392. The summed E-state index contributed by atoms with van der Waals surface area (Å²) in [5.74, 6) is 1.15. The number of nitrogens with one attached hydrogen (secondary N) is 2. The summed E-state index contributed by atoms with van der Waals surface area (Å²) in [7, 11) is 0. The maximum Gasteiger partial charge on any atom is 0.324 e. The van der Waals surface area contributed by atoms with Crippen LogP contribution in [0, 0.1) is 6.92 Å². The van der Waals surface area contributed by atoms with Crippen LogP contribution in [-0.4, -0.2) is 25.8 Å². The van der Waals surface area contributed by atoms with Crippen LogP contribution < -0.4 is 15.4 Å². The van der Waals surface area contributed by atoms with Crippen LogP contribution in [0.1, 0.15) is 32.0 Å². The van der Waals surface area contributed by atoms with Gasteiger partial charge in [0, 0.05) is 28.3 Å². The van der Waals surface area contributed by atoms with Crippen LogP contribution in [0.5, 0.6) is 11.8 Å². The molecule has 0 saturated carbocycles. The van der Waals surface area contributed by atoms with Gasteiger partial charge < -0.3 is 10.1 Å². The second kappa shape index (κ2) is 10.2. The van der Waals surface area contributed by atoms with E-state index in [-0.39, 0.29) is 17.2 Å². The van der Waals surface area contributed by atoms with Crippen molar-refractivity contribution in [2.24, 2.45) is 5.11 Å². The lowest BCUT2D eigenvalue weighted by atomic mass is 9.92. The van der Waals surface area contributed by atoms with Gasteiger partial charge in [-0.25, -0.2) is 14.5 Å². The zero-order valence-electron chi connectivity index (χ0n) is 20.3. The topological polar surface area (TPSA) is 143 Å². The smallest absolute Gasteiger partial charge is 0.324 e. The summed E-state index contributed by atoms with van der Waals surface area (Å²) in [5, 5.41) is 13.9. The van der Waals surface area contributed by atoms with E-state index < -0.39 is 6.03 Å². The number of anilines is 2. The number of amides is 2. The van der Waals surface area contributed by atoms with Crippen LogP contribution in [0.4, 0.5) is 22.1 Å². The lowest BCUT2D eigenvalue weighted by molar-refractivity contribution is 0.262. The summed E-state index contributed by atoms with van der Waals surface area (Å²) >= 11 is 0. The van der Waals surface area contributed by atoms with E-state index in [1.165, 1.54) is 12.3 Å². The molecule has 0 bridgehead atoms. The van der Waals surface area contributed by atoms with Crippen molar-refractivity contribution in [3.63, 3.8) is 0 Å². The van der Waals surface area contributed by atoms with Crippen molar-refractivity contribution in [1.29, 1.82) is 0 Å². The Bertz CT molecular complexity index is 1420. The Morgan fingerprint density at radius 1 is 1.06 bits per heavy atom. The minimum Gasteiger partial charge on any atom is -0.424 e. The molecule has 182 valence electrons. The molecule has 2 N–H and O–H groups in total. The van der Waals surface area contributed by atoms with Crippen LogP contribution in [0.15, 0.2) is 72.0 Å². The molecule has 2 amide bonds. The molecule has 0 atom stereocenters. The number of nitrogens with zero attached hydrogens (tertiary/aromatic N) is 7. The summed E-state index contributed by atoms with van der Waals surface area (Å²) in [6.07, 6.45) is 1.43. The summed E-state index contributed by atoms with van der Waals surface area (Å²) in [6.45, 7) is 8.23. The number of carbonyl (C=O) groups excluding carboxylic acids is 1. The Labute approximate surface area is 207 Å². The molecule has 0 aliphatic heterocycles. The molecule has 0 saturated heterocycles. The summed E-state index contributed by atoms with van der Waals surface area (Å²) in [5.41, 5.74) is 11.7. The lowest BCUT2D eigenvalue weighted by Crippen LogP contribution is -2.21. The standard InChI is InChI=1S/C25H25N9O2/c1-16-5-9-18(10-6-16)34-22(15-20(32-34)25(2,3)4)30-23(35)28-17-7-11-19(12-8-17)36-24-27-14-13-21(29-24)31-33-26/h5-15H,1-4H3,(H2,28,30,35). The van der Waals surface area contributed by atoms with Gasteiger partial charge in [-0.1, -0.05) is 38.5 Å². The highest BCUT2D eigenvalue weighted by molar-refractivity contribution is 5.99. The van der Waals surface area contributed by atoms with Gasteiger partial charge in [0.15, 0.2) is 0 Å². The molecule has 4 aromatic rings. The number of aromatic nitrogens is 4. The second-order valence-corrected chi connectivity index (χ2v) is 9.00. The normalized spacial score (nSPS) is 10.9. The first kappa shape index (κ1) is 24.2. The number of carbonyl (C=O) groups is 1. The maximum absolute atomic E-state index is 12.8. The zero-order valence-corrected chi connectivity index (χ0v) is 20.3. The average molecular weight is 484 g/mol. The Morgan fingerprint density at radius 2 is 1.78 bits per heavy atom. The van der Waals surface area contributed by atoms with E-state index in [1.54, 1.807) is 28.9 Å². The fraction of sp³-hybridized carbons (Fsp3) is 0.200. The van der Waals surface area contributed by atoms with E-state index in [9.17, 15) is 4.79 Å². The summed E-state index contributed by atoms with van der Waals surface area (Å²) in [6, 6.07) is 17.6. The van der Waals surface area contributed by atoms with Gasteiger partial charge in [0.2, 0.25) is 0 Å². The highest BCUT2D eigenvalue weighted by Gasteiger charge is 2.21. The number of benzene rings is 2. The number of rotatable bonds is 6. The predicted molar refractivity (Wildman–Crippen MR) is 137 cm³/mol.